The molecule has 19 heavy (non-hydrogen) atoms. The summed E-state index contributed by atoms with van der Waals surface area (Å²) in [5.74, 6) is -3.05. The average molecular weight is 283 g/mol. The number of anilines is 2. The van der Waals surface area contributed by atoms with E-state index in [1.54, 1.807) is 0 Å². The lowest BCUT2D eigenvalue weighted by Crippen LogP contribution is -1.99. The standard InChI is InChI=1S/C13H6ClF3N2/c14-9-3-2-8(15)5-11(9)19-10-4-1-7(6-18)12(16)13(10)17/h1-5,19H. The van der Waals surface area contributed by atoms with Gasteiger partial charge in [-0.15, -0.1) is 0 Å². The van der Waals surface area contributed by atoms with Crippen molar-refractivity contribution < 1.29 is 13.2 Å². The molecular weight excluding hydrogens is 277 g/mol. The summed E-state index contributed by atoms with van der Waals surface area (Å²) >= 11 is 5.80. The summed E-state index contributed by atoms with van der Waals surface area (Å²) in [6.07, 6.45) is 0. The third-order valence-electron chi connectivity index (χ3n) is 2.40. The second-order valence-electron chi connectivity index (χ2n) is 3.65. The molecular formula is C13H6ClF3N2. The van der Waals surface area contributed by atoms with E-state index in [-0.39, 0.29) is 16.4 Å². The van der Waals surface area contributed by atoms with Crippen molar-refractivity contribution in [3.05, 3.63) is 58.4 Å². The van der Waals surface area contributed by atoms with Crippen molar-refractivity contribution in [2.75, 3.05) is 5.32 Å². The molecule has 0 radical (unpaired) electrons. The summed E-state index contributed by atoms with van der Waals surface area (Å²) in [4.78, 5) is 0. The first-order chi connectivity index (χ1) is 9.02. The van der Waals surface area contributed by atoms with E-state index in [1.165, 1.54) is 18.2 Å². The largest absolute Gasteiger partial charge is 0.352 e. The molecule has 0 bridgehead atoms. The van der Waals surface area contributed by atoms with Gasteiger partial charge in [-0.25, -0.2) is 13.2 Å². The lowest BCUT2D eigenvalue weighted by Gasteiger charge is -2.10. The molecule has 0 saturated carbocycles. The highest BCUT2D eigenvalue weighted by Gasteiger charge is 2.14. The molecule has 2 aromatic rings. The number of benzene rings is 2. The molecule has 96 valence electrons. The molecule has 0 spiro atoms. The molecule has 0 amide bonds. The highest BCUT2D eigenvalue weighted by molar-refractivity contribution is 6.33. The summed E-state index contributed by atoms with van der Waals surface area (Å²) < 4.78 is 40.1. The lowest BCUT2D eigenvalue weighted by molar-refractivity contribution is 0.509. The average Bonchev–Trinajstić information content (AvgIpc) is 2.39. The second-order valence-corrected chi connectivity index (χ2v) is 4.06. The van der Waals surface area contributed by atoms with E-state index < -0.39 is 23.0 Å². The third-order valence-corrected chi connectivity index (χ3v) is 2.73. The van der Waals surface area contributed by atoms with E-state index in [1.807, 2.05) is 0 Å². The van der Waals surface area contributed by atoms with Crippen LogP contribution in [0.5, 0.6) is 0 Å². The Labute approximate surface area is 112 Å². The first-order valence-electron chi connectivity index (χ1n) is 5.13. The Hall–Kier alpha value is -2.19. The summed E-state index contributed by atoms with van der Waals surface area (Å²) in [7, 11) is 0. The highest BCUT2D eigenvalue weighted by atomic mass is 35.5. The van der Waals surface area contributed by atoms with Gasteiger partial charge >= 0.3 is 0 Å². The molecule has 0 fully saturated rings. The van der Waals surface area contributed by atoms with Gasteiger partial charge in [-0.1, -0.05) is 11.6 Å². The van der Waals surface area contributed by atoms with Gasteiger partial charge in [0.2, 0.25) is 0 Å². The Morgan fingerprint density at radius 3 is 2.42 bits per heavy atom. The third kappa shape index (κ3) is 2.64. The smallest absolute Gasteiger partial charge is 0.183 e. The fourth-order valence-electron chi connectivity index (χ4n) is 1.47. The Morgan fingerprint density at radius 2 is 1.74 bits per heavy atom. The zero-order valence-electron chi connectivity index (χ0n) is 9.35. The minimum atomic E-state index is -1.26. The van der Waals surface area contributed by atoms with Crippen LogP contribution in [-0.2, 0) is 0 Å². The van der Waals surface area contributed by atoms with Gasteiger partial charge in [0.25, 0.3) is 0 Å². The van der Waals surface area contributed by atoms with Crippen molar-refractivity contribution in [1.82, 2.24) is 0 Å². The molecule has 2 rings (SSSR count). The van der Waals surface area contributed by atoms with Gasteiger partial charge in [0.15, 0.2) is 11.6 Å². The Morgan fingerprint density at radius 1 is 1.00 bits per heavy atom. The molecule has 0 unspecified atom stereocenters. The van der Waals surface area contributed by atoms with Crippen LogP contribution < -0.4 is 5.32 Å². The van der Waals surface area contributed by atoms with Gasteiger partial charge in [-0.3, -0.25) is 0 Å². The minimum absolute atomic E-state index is 0.102. The van der Waals surface area contributed by atoms with Crippen LogP contribution in [0.15, 0.2) is 30.3 Å². The topological polar surface area (TPSA) is 35.8 Å². The number of hydrogen-bond donors (Lipinski definition) is 1. The van der Waals surface area contributed by atoms with Gasteiger partial charge in [0.05, 0.1) is 22.0 Å². The molecule has 0 aliphatic carbocycles. The first kappa shape index (κ1) is 13.2. The van der Waals surface area contributed by atoms with Gasteiger partial charge in [0.1, 0.15) is 11.9 Å². The van der Waals surface area contributed by atoms with Crippen molar-refractivity contribution in [3.8, 4) is 6.07 Å². The Bertz CT molecular complexity index is 680. The predicted octanol–water partition coefficient (Wildman–Crippen LogP) is 4.37. The van der Waals surface area contributed by atoms with Gasteiger partial charge in [0, 0.05) is 0 Å². The van der Waals surface area contributed by atoms with Crippen LogP contribution in [0.25, 0.3) is 0 Å². The Kier molecular flexibility index (Phi) is 3.63. The van der Waals surface area contributed by atoms with E-state index in [0.717, 1.165) is 18.2 Å². The van der Waals surface area contributed by atoms with Crippen molar-refractivity contribution in [2.24, 2.45) is 0 Å². The van der Waals surface area contributed by atoms with Crippen LogP contribution in [0.1, 0.15) is 5.56 Å². The van der Waals surface area contributed by atoms with Crippen LogP contribution in [0.4, 0.5) is 24.5 Å². The van der Waals surface area contributed by atoms with E-state index in [4.69, 9.17) is 16.9 Å². The van der Waals surface area contributed by atoms with Crippen LogP contribution in [0, 0.1) is 28.8 Å². The number of nitriles is 1. The van der Waals surface area contributed by atoms with Crippen molar-refractivity contribution in [2.45, 2.75) is 0 Å². The minimum Gasteiger partial charge on any atom is -0.352 e. The second kappa shape index (κ2) is 5.21. The molecule has 2 aromatic carbocycles. The maximum atomic E-state index is 13.6. The molecule has 0 aromatic heterocycles. The number of nitrogens with zero attached hydrogens (tertiary/aromatic N) is 1. The molecule has 2 nitrogen and oxygen atoms in total. The van der Waals surface area contributed by atoms with Gasteiger partial charge in [-0.05, 0) is 30.3 Å². The van der Waals surface area contributed by atoms with E-state index in [2.05, 4.69) is 5.32 Å². The van der Waals surface area contributed by atoms with Gasteiger partial charge < -0.3 is 5.32 Å². The van der Waals surface area contributed by atoms with E-state index in [9.17, 15) is 13.2 Å². The fourth-order valence-corrected chi connectivity index (χ4v) is 1.64. The van der Waals surface area contributed by atoms with E-state index >= 15 is 0 Å². The zero-order valence-corrected chi connectivity index (χ0v) is 10.1. The monoisotopic (exact) mass is 282 g/mol. The molecule has 1 N–H and O–H groups in total. The van der Waals surface area contributed by atoms with Crippen LogP contribution in [0.3, 0.4) is 0 Å². The maximum absolute atomic E-state index is 13.6. The van der Waals surface area contributed by atoms with Crippen LogP contribution in [-0.4, -0.2) is 0 Å². The summed E-state index contributed by atoms with van der Waals surface area (Å²) in [6, 6.07) is 7.30. The molecule has 0 atom stereocenters. The number of nitrogens with one attached hydrogen (secondary N) is 1. The quantitative estimate of drug-likeness (QED) is 0.887. The SMILES string of the molecule is N#Cc1ccc(Nc2cc(F)ccc2Cl)c(F)c1F. The summed E-state index contributed by atoms with van der Waals surface area (Å²) in [5.41, 5.74) is -0.540. The van der Waals surface area contributed by atoms with E-state index in [0.29, 0.717) is 0 Å². The maximum Gasteiger partial charge on any atom is 0.183 e. The number of hydrogen-bond acceptors (Lipinski definition) is 2. The summed E-state index contributed by atoms with van der Waals surface area (Å²) in [5, 5.41) is 11.2. The summed E-state index contributed by atoms with van der Waals surface area (Å²) in [6.45, 7) is 0. The number of rotatable bonds is 2. The molecule has 0 aliphatic heterocycles. The molecule has 0 aliphatic rings. The van der Waals surface area contributed by atoms with Crippen LogP contribution >= 0.6 is 11.6 Å². The Balaban J connectivity index is 2.42. The van der Waals surface area contributed by atoms with Gasteiger partial charge in [-0.2, -0.15) is 5.26 Å². The number of halogens is 4. The zero-order chi connectivity index (χ0) is 14.0. The highest BCUT2D eigenvalue weighted by Crippen LogP contribution is 2.29. The van der Waals surface area contributed by atoms with Crippen molar-refractivity contribution >= 4 is 23.0 Å². The molecule has 0 heterocycles. The normalized spacial score (nSPS) is 10.1. The van der Waals surface area contributed by atoms with Crippen molar-refractivity contribution in [1.29, 1.82) is 5.26 Å². The predicted molar refractivity (Wildman–Crippen MR) is 65.8 cm³/mol. The molecule has 0 saturated heterocycles. The lowest BCUT2D eigenvalue weighted by atomic mass is 10.2. The van der Waals surface area contributed by atoms with Crippen molar-refractivity contribution in [3.63, 3.8) is 0 Å². The molecule has 6 heteroatoms. The van der Waals surface area contributed by atoms with Crippen LogP contribution in [0.2, 0.25) is 5.02 Å². The first-order valence-corrected chi connectivity index (χ1v) is 5.51. The fraction of sp³-hybridized carbons (Fsp3) is 0.